The maximum absolute atomic E-state index is 12.4. The third kappa shape index (κ3) is 6.87. The standard InChI is InChI=1S/C19H18F2N2O4/c1-26-12-18(25)23-15-7-4-6-14(11-15)22-17(24)10-9-13-5-2-3-8-16(13)27-19(20)21/h2-11,19H,12H2,1H3,(H,22,24)(H,23,25)/b10-9+. The Morgan fingerprint density at radius 1 is 1.07 bits per heavy atom. The van der Waals surface area contributed by atoms with Gasteiger partial charge >= 0.3 is 6.61 Å². The van der Waals surface area contributed by atoms with Gasteiger partial charge in [-0.1, -0.05) is 24.3 Å². The van der Waals surface area contributed by atoms with Gasteiger partial charge in [-0.15, -0.1) is 0 Å². The first-order chi connectivity index (χ1) is 13.0. The molecule has 6 nitrogen and oxygen atoms in total. The smallest absolute Gasteiger partial charge is 0.387 e. The van der Waals surface area contributed by atoms with Gasteiger partial charge in [0.25, 0.3) is 0 Å². The maximum atomic E-state index is 12.4. The fourth-order valence-corrected chi connectivity index (χ4v) is 2.17. The summed E-state index contributed by atoms with van der Waals surface area (Å²) in [4.78, 5) is 23.6. The Hall–Kier alpha value is -3.26. The van der Waals surface area contributed by atoms with E-state index in [4.69, 9.17) is 4.74 Å². The van der Waals surface area contributed by atoms with Crippen molar-refractivity contribution in [3.05, 3.63) is 60.2 Å². The highest BCUT2D eigenvalue weighted by Crippen LogP contribution is 2.21. The summed E-state index contributed by atoms with van der Waals surface area (Å²) in [6.07, 6.45) is 2.57. The minimum Gasteiger partial charge on any atom is -0.434 e. The van der Waals surface area contributed by atoms with Crippen molar-refractivity contribution >= 4 is 29.3 Å². The molecule has 0 aliphatic heterocycles. The van der Waals surface area contributed by atoms with Crippen LogP contribution < -0.4 is 15.4 Å². The lowest BCUT2D eigenvalue weighted by atomic mass is 10.2. The van der Waals surface area contributed by atoms with Crippen molar-refractivity contribution in [1.82, 2.24) is 0 Å². The lowest BCUT2D eigenvalue weighted by Crippen LogP contribution is -2.17. The number of carbonyl (C=O) groups is 2. The second kappa shape index (κ2) is 10.0. The number of rotatable bonds is 8. The predicted molar refractivity (Wildman–Crippen MR) is 97.7 cm³/mol. The Morgan fingerprint density at radius 2 is 1.78 bits per heavy atom. The normalized spacial score (nSPS) is 10.8. The number of alkyl halides is 2. The van der Waals surface area contributed by atoms with Crippen LogP contribution in [-0.4, -0.2) is 32.1 Å². The first-order valence-corrected chi connectivity index (χ1v) is 7.89. The fraction of sp³-hybridized carbons (Fsp3) is 0.158. The number of hydrogen-bond donors (Lipinski definition) is 2. The number of methoxy groups -OCH3 is 1. The van der Waals surface area contributed by atoms with Crippen molar-refractivity contribution in [2.75, 3.05) is 24.4 Å². The van der Waals surface area contributed by atoms with Crippen LogP contribution >= 0.6 is 0 Å². The molecule has 0 spiro atoms. The zero-order valence-electron chi connectivity index (χ0n) is 14.4. The number of ether oxygens (including phenoxy) is 2. The van der Waals surface area contributed by atoms with Crippen molar-refractivity contribution < 1.29 is 27.8 Å². The SMILES string of the molecule is COCC(=O)Nc1cccc(NC(=O)/C=C/c2ccccc2OC(F)F)c1. The maximum Gasteiger partial charge on any atom is 0.387 e. The number of amides is 2. The second-order valence-corrected chi connectivity index (χ2v) is 5.30. The van der Waals surface area contributed by atoms with E-state index in [-0.39, 0.29) is 18.3 Å². The quantitative estimate of drug-likeness (QED) is 0.691. The number of benzene rings is 2. The number of carbonyl (C=O) groups excluding carboxylic acids is 2. The minimum atomic E-state index is -2.95. The molecule has 27 heavy (non-hydrogen) atoms. The van der Waals surface area contributed by atoms with Crippen LogP contribution in [0.2, 0.25) is 0 Å². The van der Waals surface area contributed by atoms with Gasteiger partial charge in [-0.25, -0.2) is 0 Å². The van der Waals surface area contributed by atoms with E-state index in [1.807, 2.05) is 0 Å². The molecule has 0 heterocycles. The molecule has 0 aromatic heterocycles. The van der Waals surface area contributed by atoms with E-state index in [1.54, 1.807) is 42.5 Å². The van der Waals surface area contributed by atoms with E-state index in [1.165, 1.54) is 25.3 Å². The molecular weight excluding hydrogens is 358 g/mol. The summed E-state index contributed by atoms with van der Waals surface area (Å²) in [6, 6.07) is 12.7. The molecule has 0 saturated heterocycles. The molecule has 0 aliphatic carbocycles. The van der Waals surface area contributed by atoms with Gasteiger partial charge in [-0.3, -0.25) is 9.59 Å². The molecule has 2 amide bonds. The van der Waals surface area contributed by atoms with Crippen molar-refractivity contribution in [3.8, 4) is 5.75 Å². The van der Waals surface area contributed by atoms with Crippen LogP contribution in [0.15, 0.2) is 54.6 Å². The lowest BCUT2D eigenvalue weighted by Gasteiger charge is -2.08. The third-order valence-corrected chi connectivity index (χ3v) is 3.24. The topological polar surface area (TPSA) is 76.7 Å². The highest BCUT2D eigenvalue weighted by atomic mass is 19.3. The number of anilines is 2. The molecule has 8 heteroatoms. The Kier molecular flexibility index (Phi) is 7.45. The fourth-order valence-electron chi connectivity index (χ4n) is 2.17. The van der Waals surface area contributed by atoms with Gasteiger partial charge < -0.3 is 20.1 Å². The van der Waals surface area contributed by atoms with E-state index >= 15 is 0 Å². The molecular formula is C19H18F2N2O4. The van der Waals surface area contributed by atoms with E-state index < -0.39 is 12.5 Å². The first kappa shape index (κ1) is 20.1. The summed E-state index contributed by atoms with van der Waals surface area (Å²) in [6.45, 7) is -3.04. The van der Waals surface area contributed by atoms with Gasteiger partial charge in [0.2, 0.25) is 11.8 Å². The molecule has 2 aromatic carbocycles. The summed E-state index contributed by atoms with van der Waals surface area (Å²) in [5.74, 6) is -0.821. The predicted octanol–water partition coefficient (Wildman–Crippen LogP) is 3.52. The number of hydrogen-bond acceptors (Lipinski definition) is 4. The van der Waals surface area contributed by atoms with Gasteiger partial charge in [0.05, 0.1) is 0 Å². The number of para-hydroxylation sites is 1. The highest BCUT2D eigenvalue weighted by molar-refractivity contribution is 6.02. The Balaban J connectivity index is 2.02. The molecule has 142 valence electrons. The summed E-state index contributed by atoms with van der Waals surface area (Å²) < 4.78 is 33.9. The summed E-state index contributed by atoms with van der Waals surface area (Å²) in [5, 5.41) is 5.24. The number of nitrogens with one attached hydrogen (secondary N) is 2. The Morgan fingerprint density at radius 3 is 2.48 bits per heavy atom. The molecule has 0 bridgehead atoms. The zero-order chi connectivity index (χ0) is 19.6. The van der Waals surface area contributed by atoms with Crippen molar-refractivity contribution in [1.29, 1.82) is 0 Å². The van der Waals surface area contributed by atoms with E-state index in [2.05, 4.69) is 15.4 Å². The summed E-state index contributed by atoms with van der Waals surface area (Å²) in [5.41, 5.74) is 1.29. The molecule has 2 aromatic rings. The average Bonchev–Trinajstić information content (AvgIpc) is 2.61. The van der Waals surface area contributed by atoms with E-state index in [0.717, 1.165) is 0 Å². The largest absolute Gasteiger partial charge is 0.434 e. The van der Waals surface area contributed by atoms with Crippen LogP contribution in [0.5, 0.6) is 5.75 Å². The van der Waals surface area contributed by atoms with Crippen LogP contribution in [0.4, 0.5) is 20.2 Å². The van der Waals surface area contributed by atoms with E-state index in [0.29, 0.717) is 16.9 Å². The van der Waals surface area contributed by atoms with Crippen LogP contribution in [-0.2, 0) is 14.3 Å². The molecule has 0 aliphatic rings. The van der Waals surface area contributed by atoms with Crippen LogP contribution in [0.1, 0.15) is 5.56 Å². The van der Waals surface area contributed by atoms with Gasteiger partial charge in [0.1, 0.15) is 12.4 Å². The Labute approximate surface area is 154 Å². The summed E-state index contributed by atoms with van der Waals surface area (Å²) >= 11 is 0. The Bertz CT molecular complexity index is 825. The van der Waals surface area contributed by atoms with E-state index in [9.17, 15) is 18.4 Å². The van der Waals surface area contributed by atoms with Crippen molar-refractivity contribution in [2.45, 2.75) is 6.61 Å². The molecule has 0 unspecified atom stereocenters. The third-order valence-electron chi connectivity index (χ3n) is 3.24. The first-order valence-electron chi connectivity index (χ1n) is 7.89. The second-order valence-electron chi connectivity index (χ2n) is 5.30. The molecule has 0 atom stereocenters. The number of halogens is 2. The van der Waals surface area contributed by atoms with Crippen LogP contribution in [0.25, 0.3) is 6.08 Å². The molecule has 0 fully saturated rings. The van der Waals surface area contributed by atoms with Crippen LogP contribution in [0.3, 0.4) is 0 Å². The summed E-state index contributed by atoms with van der Waals surface area (Å²) in [7, 11) is 1.41. The van der Waals surface area contributed by atoms with Crippen molar-refractivity contribution in [3.63, 3.8) is 0 Å². The molecule has 0 saturated carbocycles. The highest BCUT2D eigenvalue weighted by Gasteiger charge is 2.08. The minimum absolute atomic E-state index is 0.0283. The monoisotopic (exact) mass is 376 g/mol. The molecule has 2 N–H and O–H groups in total. The zero-order valence-corrected chi connectivity index (χ0v) is 14.4. The van der Waals surface area contributed by atoms with Gasteiger partial charge in [-0.2, -0.15) is 8.78 Å². The van der Waals surface area contributed by atoms with Crippen molar-refractivity contribution in [2.24, 2.45) is 0 Å². The molecule has 2 rings (SSSR count). The van der Waals surface area contributed by atoms with Gasteiger partial charge in [0, 0.05) is 30.1 Å². The van der Waals surface area contributed by atoms with Crippen LogP contribution in [0, 0.1) is 0 Å². The van der Waals surface area contributed by atoms with Gasteiger partial charge in [0.15, 0.2) is 0 Å². The molecule has 0 radical (unpaired) electrons. The lowest BCUT2D eigenvalue weighted by molar-refractivity contribution is -0.119. The van der Waals surface area contributed by atoms with Gasteiger partial charge in [-0.05, 0) is 30.3 Å². The average molecular weight is 376 g/mol.